The van der Waals surface area contributed by atoms with Crippen molar-refractivity contribution in [1.29, 1.82) is 0 Å². The highest BCUT2D eigenvalue weighted by Crippen LogP contribution is 2.30. The number of hydrogen-bond acceptors (Lipinski definition) is 6. The zero-order valence-electron chi connectivity index (χ0n) is 24.5. The van der Waals surface area contributed by atoms with Gasteiger partial charge in [-0.1, -0.05) is 49.7 Å². The van der Waals surface area contributed by atoms with Crippen LogP contribution in [0.15, 0.2) is 60.7 Å². The molecule has 0 unspecified atom stereocenters. The summed E-state index contributed by atoms with van der Waals surface area (Å²) in [6.07, 6.45) is 1.84. The van der Waals surface area contributed by atoms with E-state index in [2.05, 4.69) is 10.6 Å². The molecule has 42 heavy (non-hydrogen) atoms. The van der Waals surface area contributed by atoms with E-state index in [1.165, 1.54) is 4.90 Å². The molecular formula is C33H40FN3O5. The number of nitrogens with one attached hydrogen (secondary N) is 2. The largest absolute Gasteiger partial charge is 0.493 e. The van der Waals surface area contributed by atoms with Gasteiger partial charge in [0.15, 0.2) is 17.3 Å². The Morgan fingerprint density at radius 3 is 2.45 bits per heavy atom. The SMILES string of the molecule is CCCc1cc(C(=O)N[C@@H](Cc2ccccc2)[C@H](O)CNCc2ccc(OC)c(OC)c2)c(F)c(N2CCCC2=O)c1. The monoisotopic (exact) mass is 577 g/mol. The van der Waals surface area contributed by atoms with Gasteiger partial charge < -0.3 is 30.1 Å². The van der Waals surface area contributed by atoms with Gasteiger partial charge in [0.1, 0.15) is 0 Å². The van der Waals surface area contributed by atoms with Crippen molar-refractivity contribution in [3.05, 3.63) is 88.7 Å². The first-order valence-electron chi connectivity index (χ1n) is 14.4. The minimum Gasteiger partial charge on any atom is -0.493 e. The first-order valence-corrected chi connectivity index (χ1v) is 14.4. The molecule has 1 aliphatic heterocycles. The van der Waals surface area contributed by atoms with Crippen molar-refractivity contribution in [2.24, 2.45) is 0 Å². The summed E-state index contributed by atoms with van der Waals surface area (Å²) in [7, 11) is 3.15. The Morgan fingerprint density at radius 2 is 1.79 bits per heavy atom. The standard InChI is InChI=1S/C33H40FN3O5/c1-4-9-23-16-25(32(34)27(18-23)37-15-8-12-31(37)39)33(40)36-26(17-22-10-6-5-7-11-22)28(38)21-35-20-24-13-14-29(41-2)30(19-24)42-3/h5-7,10-11,13-14,16,18-19,26,28,35,38H,4,8-9,12,15,17,20-21H2,1-3H3,(H,36,40)/t26-,28+/m0/s1. The van der Waals surface area contributed by atoms with E-state index in [9.17, 15) is 14.7 Å². The van der Waals surface area contributed by atoms with Gasteiger partial charge in [-0.05, 0) is 60.2 Å². The molecule has 0 aromatic heterocycles. The number of benzene rings is 3. The zero-order chi connectivity index (χ0) is 30.1. The lowest BCUT2D eigenvalue weighted by Crippen LogP contribution is -2.49. The molecule has 1 saturated heterocycles. The number of carbonyl (C=O) groups is 2. The lowest BCUT2D eigenvalue weighted by atomic mass is 9.99. The van der Waals surface area contributed by atoms with E-state index >= 15 is 4.39 Å². The van der Waals surface area contributed by atoms with Crippen LogP contribution in [0.2, 0.25) is 0 Å². The molecule has 3 aromatic carbocycles. The van der Waals surface area contributed by atoms with Gasteiger partial charge in [0.05, 0.1) is 37.6 Å². The molecule has 3 N–H and O–H groups in total. The fraction of sp³-hybridized carbons (Fsp3) is 0.394. The van der Waals surface area contributed by atoms with Gasteiger partial charge in [-0.15, -0.1) is 0 Å². The summed E-state index contributed by atoms with van der Waals surface area (Å²) < 4.78 is 26.5. The first-order chi connectivity index (χ1) is 20.3. The molecule has 1 aliphatic rings. The molecule has 1 heterocycles. The number of aryl methyl sites for hydroxylation is 1. The maximum Gasteiger partial charge on any atom is 0.254 e. The summed E-state index contributed by atoms with van der Waals surface area (Å²) in [5, 5.41) is 17.4. The van der Waals surface area contributed by atoms with Crippen LogP contribution in [0.25, 0.3) is 0 Å². The Hall–Kier alpha value is -3.95. The third-order valence-electron chi connectivity index (χ3n) is 7.47. The number of ether oxygens (including phenoxy) is 2. The highest BCUT2D eigenvalue weighted by Gasteiger charge is 2.29. The second-order valence-electron chi connectivity index (χ2n) is 10.5. The third-order valence-corrected chi connectivity index (χ3v) is 7.47. The second kappa shape index (κ2) is 14.8. The predicted octanol–water partition coefficient (Wildman–Crippen LogP) is 4.41. The molecule has 2 atom stereocenters. The zero-order valence-corrected chi connectivity index (χ0v) is 24.5. The van der Waals surface area contributed by atoms with E-state index in [4.69, 9.17) is 9.47 Å². The van der Waals surface area contributed by atoms with E-state index in [-0.39, 0.29) is 23.7 Å². The quantitative estimate of drug-likeness (QED) is 0.263. The number of halogens is 1. The summed E-state index contributed by atoms with van der Waals surface area (Å²) >= 11 is 0. The average molecular weight is 578 g/mol. The minimum absolute atomic E-state index is 0.126. The molecule has 224 valence electrons. The molecule has 0 bridgehead atoms. The van der Waals surface area contributed by atoms with Crippen LogP contribution in [0.1, 0.15) is 53.2 Å². The Morgan fingerprint density at radius 1 is 1.02 bits per heavy atom. The van der Waals surface area contributed by atoms with Crippen molar-refractivity contribution in [2.45, 2.75) is 57.7 Å². The van der Waals surface area contributed by atoms with Crippen LogP contribution in [0.4, 0.5) is 10.1 Å². The van der Waals surface area contributed by atoms with E-state index < -0.39 is 23.9 Å². The molecule has 3 aromatic rings. The van der Waals surface area contributed by atoms with Crippen LogP contribution >= 0.6 is 0 Å². The molecule has 1 fully saturated rings. The highest BCUT2D eigenvalue weighted by molar-refractivity contribution is 6.00. The van der Waals surface area contributed by atoms with Gasteiger partial charge in [-0.3, -0.25) is 9.59 Å². The van der Waals surface area contributed by atoms with Gasteiger partial charge in [0.2, 0.25) is 5.91 Å². The van der Waals surface area contributed by atoms with Crippen molar-refractivity contribution in [2.75, 3.05) is 32.2 Å². The van der Waals surface area contributed by atoms with Gasteiger partial charge in [-0.2, -0.15) is 0 Å². The summed E-state index contributed by atoms with van der Waals surface area (Å²) in [5.41, 5.74) is 2.66. The molecular weight excluding hydrogens is 537 g/mol. The molecule has 2 amide bonds. The number of rotatable bonds is 14. The Balaban J connectivity index is 1.53. The van der Waals surface area contributed by atoms with E-state index in [1.54, 1.807) is 26.4 Å². The van der Waals surface area contributed by atoms with Crippen LogP contribution < -0.4 is 25.0 Å². The van der Waals surface area contributed by atoms with Crippen molar-refractivity contribution in [1.82, 2.24) is 10.6 Å². The number of hydrogen-bond donors (Lipinski definition) is 3. The lowest BCUT2D eigenvalue weighted by Gasteiger charge is -2.26. The van der Waals surface area contributed by atoms with Gasteiger partial charge in [0, 0.05) is 26.1 Å². The number of amides is 2. The molecule has 4 rings (SSSR count). The Bertz CT molecular complexity index is 1370. The average Bonchev–Trinajstić information content (AvgIpc) is 3.43. The van der Waals surface area contributed by atoms with Gasteiger partial charge in [0.25, 0.3) is 5.91 Å². The fourth-order valence-corrected chi connectivity index (χ4v) is 5.26. The lowest BCUT2D eigenvalue weighted by molar-refractivity contribution is -0.117. The van der Waals surface area contributed by atoms with Crippen LogP contribution in [0, 0.1) is 5.82 Å². The van der Waals surface area contributed by atoms with E-state index in [0.717, 1.165) is 23.1 Å². The van der Waals surface area contributed by atoms with Crippen LogP contribution in [-0.4, -0.2) is 56.4 Å². The first kappa shape index (κ1) is 31.0. The molecule has 9 heteroatoms. The molecule has 0 radical (unpaired) electrons. The fourth-order valence-electron chi connectivity index (χ4n) is 5.26. The van der Waals surface area contributed by atoms with E-state index in [0.29, 0.717) is 50.3 Å². The van der Waals surface area contributed by atoms with Crippen LogP contribution in [-0.2, 0) is 24.2 Å². The van der Waals surface area contributed by atoms with Crippen molar-refractivity contribution < 1.29 is 28.6 Å². The van der Waals surface area contributed by atoms with Crippen molar-refractivity contribution in [3.8, 4) is 11.5 Å². The molecule has 0 aliphatic carbocycles. The van der Waals surface area contributed by atoms with Gasteiger partial charge in [-0.25, -0.2) is 4.39 Å². The third kappa shape index (κ3) is 7.66. The van der Waals surface area contributed by atoms with Crippen LogP contribution in [0.5, 0.6) is 11.5 Å². The summed E-state index contributed by atoms with van der Waals surface area (Å²) in [6, 6.07) is 17.6. The molecule has 0 spiro atoms. The number of methoxy groups -OCH3 is 2. The normalized spacial score (nSPS) is 14.5. The number of nitrogens with zero attached hydrogens (tertiary/aromatic N) is 1. The minimum atomic E-state index is -0.976. The van der Waals surface area contributed by atoms with Crippen molar-refractivity contribution in [3.63, 3.8) is 0 Å². The van der Waals surface area contributed by atoms with E-state index in [1.807, 2.05) is 55.5 Å². The summed E-state index contributed by atoms with van der Waals surface area (Å²) in [6.45, 7) is 3.06. The highest BCUT2D eigenvalue weighted by atomic mass is 19.1. The number of anilines is 1. The molecule has 0 saturated carbocycles. The summed E-state index contributed by atoms with van der Waals surface area (Å²) in [4.78, 5) is 27.4. The maximum absolute atomic E-state index is 15.8. The Labute approximate surface area is 246 Å². The van der Waals surface area contributed by atoms with Gasteiger partial charge >= 0.3 is 0 Å². The maximum atomic E-state index is 15.8. The van der Waals surface area contributed by atoms with Crippen molar-refractivity contribution >= 4 is 17.5 Å². The smallest absolute Gasteiger partial charge is 0.254 e. The Kier molecular flexibility index (Phi) is 10.9. The number of aliphatic hydroxyl groups excluding tert-OH is 1. The second-order valence-corrected chi connectivity index (χ2v) is 10.5. The number of carbonyl (C=O) groups excluding carboxylic acids is 2. The summed E-state index contributed by atoms with van der Waals surface area (Å²) in [5.74, 6) is -0.263. The van der Waals surface area contributed by atoms with Crippen LogP contribution in [0.3, 0.4) is 0 Å². The predicted molar refractivity (Wildman–Crippen MR) is 161 cm³/mol. The molecule has 8 nitrogen and oxygen atoms in total. The topological polar surface area (TPSA) is 100 Å². The number of aliphatic hydroxyl groups is 1.